The molecule has 0 unspecified atom stereocenters. The highest BCUT2D eigenvalue weighted by atomic mass is 33.1. The van der Waals surface area contributed by atoms with Crippen LogP contribution in [0.25, 0.3) is 22.8 Å². The monoisotopic (exact) mass is 612 g/mol. The first-order chi connectivity index (χ1) is 19.5. The first-order valence-corrected chi connectivity index (χ1v) is 19.4. The fraction of sp³-hybridized carbons (Fsp3) is 0.500. The maximum atomic E-state index is 3.93. The molecular formula is C32H44N4S4. The van der Waals surface area contributed by atoms with Crippen LogP contribution >= 0.6 is 43.2 Å². The van der Waals surface area contributed by atoms with Gasteiger partial charge in [0.2, 0.25) is 0 Å². The third-order valence-electron chi connectivity index (χ3n) is 8.46. The van der Waals surface area contributed by atoms with Crippen LogP contribution in [0.15, 0.2) is 20.1 Å². The molecule has 5 rings (SSSR count). The number of hydrogen-bond donors (Lipinski definition) is 4. The predicted octanol–water partition coefficient (Wildman–Crippen LogP) is 10.7. The van der Waals surface area contributed by atoms with Crippen molar-refractivity contribution in [1.29, 1.82) is 0 Å². The van der Waals surface area contributed by atoms with Gasteiger partial charge < -0.3 is 19.9 Å². The molecule has 8 bridgehead atoms. The summed E-state index contributed by atoms with van der Waals surface area (Å²) in [6.45, 7) is 18.4. The summed E-state index contributed by atoms with van der Waals surface area (Å²) in [5, 5.41) is 5.19. The van der Waals surface area contributed by atoms with Crippen molar-refractivity contribution in [3.05, 3.63) is 44.5 Å². The average Bonchev–Trinajstić information content (AvgIpc) is 3.71. The Hall–Kier alpha value is -1.48. The van der Waals surface area contributed by atoms with Crippen LogP contribution in [0.2, 0.25) is 0 Å². The van der Waals surface area contributed by atoms with E-state index in [1.54, 1.807) is 0 Å². The molecule has 0 spiro atoms. The highest BCUT2D eigenvalue weighted by Gasteiger charge is 2.27. The number of aromatic nitrogens is 4. The fourth-order valence-electron chi connectivity index (χ4n) is 6.57. The number of aromatic amines is 4. The maximum absolute atomic E-state index is 3.93. The molecule has 1 aliphatic rings. The highest BCUT2D eigenvalue weighted by Crippen LogP contribution is 2.49. The topological polar surface area (TPSA) is 63.2 Å². The lowest BCUT2D eigenvalue weighted by Crippen LogP contribution is -1.93. The normalized spacial score (nSPS) is 13.4. The molecule has 8 heteroatoms. The van der Waals surface area contributed by atoms with E-state index >= 15 is 0 Å². The molecule has 0 saturated heterocycles. The van der Waals surface area contributed by atoms with Crippen LogP contribution in [0.1, 0.15) is 99.9 Å². The molecule has 4 aromatic heterocycles. The third kappa shape index (κ3) is 4.95. The quantitative estimate of drug-likeness (QED) is 0.150. The third-order valence-corrected chi connectivity index (χ3v) is 13.2. The van der Waals surface area contributed by atoms with Gasteiger partial charge in [0.1, 0.15) is 0 Å². The summed E-state index contributed by atoms with van der Waals surface area (Å²) < 4.78 is 0. The Labute approximate surface area is 256 Å². The standard InChI is InChI=1S/C32H44N4S4/c1-9-17-21(13-5)29-33-25(17)26-18(10-2)22(14-6)30(34-26)39-40-32-24(16-8)20(12-4)28(36-32)27-19(11-3)23(15-7)31(35-27)38-37-29/h33-36H,9-16H2,1-8H3. The minimum Gasteiger partial charge on any atom is -0.347 e. The summed E-state index contributed by atoms with van der Waals surface area (Å²) in [5.74, 6) is 0. The molecule has 1 aliphatic heterocycles. The van der Waals surface area contributed by atoms with Gasteiger partial charge in [-0.1, -0.05) is 55.4 Å². The first kappa shape index (κ1) is 30.0. The van der Waals surface area contributed by atoms with Crippen molar-refractivity contribution in [1.82, 2.24) is 19.9 Å². The van der Waals surface area contributed by atoms with E-state index in [-0.39, 0.29) is 0 Å². The lowest BCUT2D eigenvalue weighted by atomic mass is 10.00. The zero-order valence-corrected chi connectivity index (χ0v) is 28.6. The summed E-state index contributed by atoms with van der Waals surface area (Å²) in [5.41, 5.74) is 16.9. The molecule has 5 heterocycles. The molecule has 0 atom stereocenters. The molecule has 0 aromatic carbocycles. The minimum absolute atomic E-state index is 1.03. The van der Waals surface area contributed by atoms with Gasteiger partial charge in [0, 0.05) is 0 Å². The molecule has 0 radical (unpaired) electrons. The number of fused-ring (bicyclic) bond motifs is 10. The second-order valence-corrected chi connectivity index (χ2v) is 14.6. The van der Waals surface area contributed by atoms with Gasteiger partial charge in [-0.2, -0.15) is 0 Å². The summed E-state index contributed by atoms with van der Waals surface area (Å²) in [7, 11) is 7.56. The number of rotatable bonds is 8. The fourth-order valence-corrected chi connectivity index (χ4v) is 11.7. The van der Waals surface area contributed by atoms with Crippen LogP contribution < -0.4 is 0 Å². The van der Waals surface area contributed by atoms with Gasteiger partial charge in [0.05, 0.1) is 42.9 Å². The largest absolute Gasteiger partial charge is 0.347 e. The minimum atomic E-state index is 1.03. The van der Waals surface area contributed by atoms with Gasteiger partial charge in [-0.3, -0.25) is 0 Å². The van der Waals surface area contributed by atoms with Crippen molar-refractivity contribution in [2.75, 3.05) is 0 Å². The van der Waals surface area contributed by atoms with E-state index in [9.17, 15) is 0 Å². The van der Waals surface area contributed by atoms with Crippen LogP contribution in [-0.2, 0) is 51.4 Å². The lowest BCUT2D eigenvalue weighted by Gasteiger charge is -2.06. The number of hydrogen-bond acceptors (Lipinski definition) is 4. The molecule has 4 aromatic rings. The van der Waals surface area contributed by atoms with Crippen LogP contribution in [0.3, 0.4) is 0 Å². The van der Waals surface area contributed by atoms with Crippen LogP contribution in [-0.4, -0.2) is 19.9 Å². The van der Waals surface area contributed by atoms with Crippen molar-refractivity contribution in [3.63, 3.8) is 0 Å². The average molecular weight is 613 g/mol. The van der Waals surface area contributed by atoms with Gasteiger partial charge in [-0.15, -0.1) is 0 Å². The van der Waals surface area contributed by atoms with Gasteiger partial charge in [0.25, 0.3) is 0 Å². The van der Waals surface area contributed by atoms with Crippen molar-refractivity contribution >= 4 is 43.2 Å². The summed E-state index contributed by atoms with van der Waals surface area (Å²) in [6.07, 6.45) is 8.23. The zero-order valence-electron chi connectivity index (χ0n) is 25.3. The van der Waals surface area contributed by atoms with Gasteiger partial charge in [-0.25, -0.2) is 0 Å². The first-order valence-electron chi connectivity index (χ1n) is 15.1. The number of H-pyrrole nitrogens is 4. The Morgan fingerprint density at radius 1 is 0.300 bits per heavy atom. The van der Waals surface area contributed by atoms with Crippen LogP contribution in [0.5, 0.6) is 0 Å². The molecule has 4 N–H and O–H groups in total. The SMILES string of the molecule is CCc1c2[nH]c(c1CC)-c1[nH]c(c(CC)c1CC)SSc1[nH]c(c(CC)c1CC)-c1[nH]c(c(CC)c1CC)SS2. The molecule has 0 fully saturated rings. The molecule has 0 saturated carbocycles. The summed E-state index contributed by atoms with van der Waals surface area (Å²) in [4.78, 5) is 15.7. The van der Waals surface area contributed by atoms with Crippen molar-refractivity contribution in [2.24, 2.45) is 0 Å². The molecule has 40 heavy (non-hydrogen) atoms. The Kier molecular flexibility index (Phi) is 9.60. The summed E-state index contributed by atoms with van der Waals surface area (Å²) >= 11 is 0. The molecule has 0 amide bonds. The van der Waals surface area contributed by atoms with E-state index in [1.165, 1.54) is 87.4 Å². The molecular weight excluding hydrogens is 569 g/mol. The van der Waals surface area contributed by atoms with Crippen molar-refractivity contribution in [2.45, 2.75) is 127 Å². The molecule has 4 nitrogen and oxygen atoms in total. The highest BCUT2D eigenvalue weighted by molar-refractivity contribution is 8.77. The van der Waals surface area contributed by atoms with E-state index in [0.29, 0.717) is 0 Å². The van der Waals surface area contributed by atoms with E-state index in [4.69, 9.17) is 0 Å². The number of nitrogens with one attached hydrogen (secondary N) is 4. The maximum Gasteiger partial charge on any atom is 0.0873 e. The molecule has 0 aliphatic carbocycles. The lowest BCUT2D eigenvalue weighted by molar-refractivity contribution is 1.01. The Balaban J connectivity index is 1.78. The zero-order chi connectivity index (χ0) is 28.6. The summed E-state index contributed by atoms with van der Waals surface area (Å²) in [6, 6.07) is 0. The van der Waals surface area contributed by atoms with Crippen LogP contribution in [0, 0.1) is 0 Å². The smallest absolute Gasteiger partial charge is 0.0873 e. The van der Waals surface area contributed by atoms with E-state index in [0.717, 1.165) is 51.4 Å². The van der Waals surface area contributed by atoms with E-state index in [2.05, 4.69) is 75.3 Å². The van der Waals surface area contributed by atoms with Gasteiger partial charge in [-0.05, 0) is 139 Å². The van der Waals surface area contributed by atoms with Gasteiger partial charge in [0.15, 0.2) is 0 Å². The van der Waals surface area contributed by atoms with Crippen LogP contribution in [0.4, 0.5) is 0 Å². The van der Waals surface area contributed by atoms with Gasteiger partial charge >= 0.3 is 0 Å². The van der Waals surface area contributed by atoms with E-state index < -0.39 is 0 Å². The Morgan fingerprint density at radius 3 is 0.625 bits per heavy atom. The Morgan fingerprint density at radius 2 is 0.475 bits per heavy atom. The Bertz CT molecular complexity index is 1270. The van der Waals surface area contributed by atoms with E-state index in [1.807, 2.05) is 43.2 Å². The van der Waals surface area contributed by atoms with Crippen molar-refractivity contribution < 1.29 is 0 Å². The molecule has 216 valence electrons. The second-order valence-electron chi connectivity index (χ2n) is 10.3. The van der Waals surface area contributed by atoms with Crippen molar-refractivity contribution in [3.8, 4) is 22.8 Å². The second kappa shape index (κ2) is 12.8. The predicted molar refractivity (Wildman–Crippen MR) is 180 cm³/mol.